The molecule has 2 heterocycles. The van der Waals surface area contributed by atoms with Crippen LogP contribution in [0.15, 0.2) is 72.8 Å². The fraction of sp³-hybridized carbons (Fsp3) is 0.258. The maximum absolute atomic E-state index is 13.5. The zero-order valence-electron chi connectivity index (χ0n) is 21.2. The number of ketones is 1. The molecule has 1 aromatic heterocycles. The maximum Gasteiger partial charge on any atom is 0.231 e. The van der Waals surface area contributed by atoms with Gasteiger partial charge in [-0.2, -0.15) is 5.10 Å². The minimum absolute atomic E-state index is 0.0317. The van der Waals surface area contributed by atoms with E-state index in [-0.39, 0.29) is 25.0 Å². The Morgan fingerprint density at radius 2 is 1.95 bits per heavy atom. The van der Waals surface area contributed by atoms with Gasteiger partial charge in [0.1, 0.15) is 5.69 Å². The van der Waals surface area contributed by atoms with Gasteiger partial charge in [0.25, 0.3) is 0 Å². The lowest BCUT2D eigenvalue weighted by atomic mass is 9.94. The van der Waals surface area contributed by atoms with Gasteiger partial charge in [-0.25, -0.2) is 9.53 Å². The van der Waals surface area contributed by atoms with Crippen LogP contribution in [0.4, 0.5) is 5.69 Å². The molecule has 1 aliphatic carbocycles. The summed E-state index contributed by atoms with van der Waals surface area (Å²) in [6.07, 6.45) is 2.75. The molecule has 1 unspecified atom stereocenters. The van der Waals surface area contributed by atoms with Crippen LogP contribution in [0, 0.1) is 19.4 Å². The molecular weight excluding hydrogens is 476 g/mol. The summed E-state index contributed by atoms with van der Waals surface area (Å²) in [5.41, 5.74) is 5.51. The molecule has 1 atom stereocenters. The standard InChI is InChI=1S/C31H28N4O3/c1-20-14-27(35(34-20)25-9-4-8-24(17-25)32-2)28(36)16-22-6-3-7-23(15-22)30(33-18-21-12-13-21)26-10-5-11-29-31(26)38-19-37-29/h3-11,14-15,17,21,30,33H,12-13,16,18-19H2,1H3. The summed E-state index contributed by atoms with van der Waals surface area (Å²) >= 11 is 0. The van der Waals surface area contributed by atoms with Crippen LogP contribution in [-0.4, -0.2) is 28.9 Å². The molecule has 0 amide bonds. The van der Waals surface area contributed by atoms with Crippen molar-refractivity contribution in [3.05, 3.63) is 112 Å². The number of benzene rings is 3. The van der Waals surface area contributed by atoms with Gasteiger partial charge in [0.2, 0.25) is 6.79 Å². The summed E-state index contributed by atoms with van der Waals surface area (Å²) in [6.45, 7) is 10.3. The highest BCUT2D eigenvalue weighted by atomic mass is 16.7. The maximum atomic E-state index is 13.5. The summed E-state index contributed by atoms with van der Waals surface area (Å²) in [5, 5.41) is 8.28. The van der Waals surface area contributed by atoms with E-state index >= 15 is 0 Å². The Kier molecular flexibility index (Phi) is 6.40. The van der Waals surface area contributed by atoms with Gasteiger partial charge in [0.05, 0.1) is 24.0 Å². The molecule has 6 rings (SSSR count). The van der Waals surface area contributed by atoms with Crippen LogP contribution in [0.25, 0.3) is 10.5 Å². The highest BCUT2D eigenvalue weighted by molar-refractivity contribution is 5.96. The van der Waals surface area contributed by atoms with Crippen molar-refractivity contribution in [2.75, 3.05) is 13.3 Å². The molecule has 0 bridgehead atoms. The molecule has 7 heteroatoms. The molecule has 3 aromatic carbocycles. The van der Waals surface area contributed by atoms with E-state index in [1.54, 1.807) is 28.9 Å². The summed E-state index contributed by atoms with van der Waals surface area (Å²) in [6, 6.07) is 23.1. The van der Waals surface area contributed by atoms with Gasteiger partial charge in [0.15, 0.2) is 23.0 Å². The Morgan fingerprint density at radius 3 is 2.79 bits per heavy atom. The number of para-hydroxylation sites is 1. The third-order valence-electron chi connectivity index (χ3n) is 7.02. The number of aryl methyl sites for hydroxylation is 1. The molecule has 190 valence electrons. The normalized spacial score (nSPS) is 14.7. The monoisotopic (exact) mass is 504 g/mol. The number of rotatable bonds is 9. The Bertz CT molecular complexity index is 1550. The number of hydrogen-bond donors (Lipinski definition) is 1. The molecule has 0 radical (unpaired) electrons. The van der Waals surface area contributed by atoms with Gasteiger partial charge in [-0.3, -0.25) is 4.79 Å². The van der Waals surface area contributed by atoms with E-state index in [1.165, 1.54) is 12.8 Å². The van der Waals surface area contributed by atoms with Gasteiger partial charge in [-0.15, -0.1) is 0 Å². The number of ether oxygens (including phenoxy) is 2. The molecular formula is C31H28N4O3. The van der Waals surface area contributed by atoms with Crippen molar-refractivity contribution in [1.82, 2.24) is 15.1 Å². The quantitative estimate of drug-likeness (QED) is 0.225. The lowest BCUT2D eigenvalue weighted by Gasteiger charge is -2.22. The zero-order valence-corrected chi connectivity index (χ0v) is 21.2. The first-order valence-corrected chi connectivity index (χ1v) is 12.9. The summed E-state index contributed by atoms with van der Waals surface area (Å²) in [7, 11) is 0. The molecule has 0 saturated heterocycles. The van der Waals surface area contributed by atoms with E-state index in [0.717, 1.165) is 40.4 Å². The number of carbonyl (C=O) groups is 1. The topological polar surface area (TPSA) is 69.7 Å². The van der Waals surface area contributed by atoms with Crippen molar-refractivity contribution in [3.63, 3.8) is 0 Å². The number of hydrogen-bond acceptors (Lipinski definition) is 5. The van der Waals surface area contributed by atoms with Gasteiger partial charge < -0.3 is 14.8 Å². The minimum atomic E-state index is -0.0774. The molecule has 1 aliphatic heterocycles. The van der Waals surface area contributed by atoms with Crippen LogP contribution >= 0.6 is 0 Å². The Morgan fingerprint density at radius 1 is 1.11 bits per heavy atom. The number of Topliss-reactive ketones (excluding diaryl/α,β-unsaturated/α-hetero) is 1. The second kappa shape index (κ2) is 10.2. The fourth-order valence-corrected chi connectivity index (χ4v) is 4.94. The van der Waals surface area contributed by atoms with Crippen LogP contribution in [0.5, 0.6) is 11.5 Å². The van der Waals surface area contributed by atoms with Crippen LogP contribution in [0.2, 0.25) is 0 Å². The van der Waals surface area contributed by atoms with E-state index in [4.69, 9.17) is 16.0 Å². The Labute approximate surface area is 221 Å². The molecule has 2 aliphatic rings. The molecule has 1 saturated carbocycles. The SMILES string of the molecule is [C-]#[N+]c1cccc(-n2nc(C)cc2C(=O)Cc2cccc(C(NCC3CC3)c3cccc4c3OCO4)c2)c1. The average Bonchev–Trinajstić information content (AvgIpc) is 3.48. The Balaban J connectivity index is 1.29. The summed E-state index contributed by atoms with van der Waals surface area (Å²) < 4.78 is 13.1. The highest BCUT2D eigenvalue weighted by Gasteiger charge is 2.28. The van der Waals surface area contributed by atoms with Gasteiger partial charge >= 0.3 is 0 Å². The Hall–Kier alpha value is -4.41. The third-order valence-corrected chi connectivity index (χ3v) is 7.02. The number of nitrogens with one attached hydrogen (secondary N) is 1. The summed E-state index contributed by atoms with van der Waals surface area (Å²) in [5.74, 6) is 2.22. The lowest BCUT2D eigenvalue weighted by molar-refractivity contribution is 0.0985. The predicted molar refractivity (Wildman–Crippen MR) is 144 cm³/mol. The average molecular weight is 505 g/mol. The van der Waals surface area contributed by atoms with E-state index in [1.807, 2.05) is 37.3 Å². The van der Waals surface area contributed by atoms with Gasteiger partial charge in [-0.05, 0) is 67.6 Å². The van der Waals surface area contributed by atoms with Crippen LogP contribution in [-0.2, 0) is 6.42 Å². The second-order valence-electron chi connectivity index (χ2n) is 9.93. The van der Waals surface area contributed by atoms with E-state index in [2.05, 4.69) is 33.5 Å². The first-order chi connectivity index (χ1) is 18.6. The molecule has 1 N–H and O–H groups in total. The highest BCUT2D eigenvalue weighted by Crippen LogP contribution is 2.41. The number of carbonyl (C=O) groups excluding carboxylic acids is 1. The van der Waals surface area contributed by atoms with Crippen LogP contribution in [0.1, 0.15) is 51.8 Å². The van der Waals surface area contributed by atoms with Gasteiger partial charge in [-0.1, -0.05) is 48.5 Å². The van der Waals surface area contributed by atoms with E-state index in [9.17, 15) is 4.79 Å². The van der Waals surface area contributed by atoms with Crippen molar-refractivity contribution in [2.45, 2.75) is 32.2 Å². The van der Waals surface area contributed by atoms with E-state index in [0.29, 0.717) is 23.0 Å². The molecule has 1 fully saturated rings. The van der Waals surface area contributed by atoms with Gasteiger partial charge in [0, 0.05) is 12.0 Å². The van der Waals surface area contributed by atoms with Crippen molar-refractivity contribution in [3.8, 4) is 17.2 Å². The zero-order chi connectivity index (χ0) is 26.1. The lowest BCUT2D eigenvalue weighted by Crippen LogP contribution is -2.25. The van der Waals surface area contributed by atoms with Crippen molar-refractivity contribution in [2.24, 2.45) is 5.92 Å². The van der Waals surface area contributed by atoms with Crippen molar-refractivity contribution >= 4 is 11.5 Å². The smallest absolute Gasteiger partial charge is 0.231 e. The number of fused-ring (bicyclic) bond motifs is 1. The molecule has 0 spiro atoms. The van der Waals surface area contributed by atoms with E-state index < -0.39 is 0 Å². The second-order valence-corrected chi connectivity index (χ2v) is 9.93. The van der Waals surface area contributed by atoms with Crippen LogP contribution in [0.3, 0.4) is 0 Å². The first kappa shape index (κ1) is 24.0. The van der Waals surface area contributed by atoms with Crippen molar-refractivity contribution < 1.29 is 14.3 Å². The minimum Gasteiger partial charge on any atom is -0.454 e. The number of nitrogens with zero attached hydrogens (tertiary/aromatic N) is 3. The largest absolute Gasteiger partial charge is 0.454 e. The number of aromatic nitrogens is 2. The first-order valence-electron chi connectivity index (χ1n) is 12.9. The third kappa shape index (κ3) is 4.91. The molecule has 7 nitrogen and oxygen atoms in total. The predicted octanol–water partition coefficient (Wildman–Crippen LogP) is 5.97. The fourth-order valence-electron chi connectivity index (χ4n) is 4.94. The molecule has 38 heavy (non-hydrogen) atoms. The molecule has 4 aromatic rings. The summed E-state index contributed by atoms with van der Waals surface area (Å²) in [4.78, 5) is 17.0. The van der Waals surface area contributed by atoms with Crippen molar-refractivity contribution in [1.29, 1.82) is 0 Å². The van der Waals surface area contributed by atoms with Crippen LogP contribution < -0.4 is 14.8 Å².